The van der Waals surface area contributed by atoms with Crippen molar-refractivity contribution in [1.29, 1.82) is 0 Å². The number of anilines is 1. The Morgan fingerprint density at radius 3 is 2.70 bits per heavy atom. The summed E-state index contributed by atoms with van der Waals surface area (Å²) in [5, 5.41) is 4.42. The molecule has 0 spiro atoms. The second-order valence-electron chi connectivity index (χ2n) is 6.28. The Bertz CT molecular complexity index is 448. The van der Waals surface area contributed by atoms with Gasteiger partial charge in [-0.25, -0.2) is 0 Å². The number of para-hydroxylation sites is 1. The average molecular weight is 293 g/mol. The molecule has 2 fully saturated rings. The Labute approximate surface area is 127 Å². The summed E-state index contributed by atoms with van der Waals surface area (Å²) in [5.74, 6) is 1.81. The molecule has 1 aromatic rings. The largest absolute Gasteiger partial charge is 0.369 e. The zero-order valence-corrected chi connectivity index (χ0v) is 13.1. The van der Waals surface area contributed by atoms with Gasteiger partial charge in [-0.15, -0.1) is 0 Å². The fourth-order valence-electron chi connectivity index (χ4n) is 3.87. The van der Waals surface area contributed by atoms with Crippen LogP contribution in [-0.4, -0.2) is 19.6 Å². The van der Waals surface area contributed by atoms with Crippen LogP contribution in [0.4, 0.5) is 5.69 Å². The van der Waals surface area contributed by atoms with Gasteiger partial charge in [0.1, 0.15) is 0 Å². The van der Waals surface area contributed by atoms with E-state index in [2.05, 4.69) is 29.3 Å². The van der Waals surface area contributed by atoms with Crippen molar-refractivity contribution in [3.63, 3.8) is 0 Å². The zero-order chi connectivity index (χ0) is 13.9. The fourth-order valence-corrected chi connectivity index (χ4v) is 4.19. The molecule has 1 aliphatic heterocycles. The van der Waals surface area contributed by atoms with Crippen LogP contribution in [0.2, 0.25) is 5.02 Å². The molecule has 20 heavy (non-hydrogen) atoms. The lowest BCUT2D eigenvalue weighted by atomic mass is 10.0. The number of nitrogens with zero attached hydrogens (tertiary/aromatic N) is 1. The molecule has 0 amide bonds. The van der Waals surface area contributed by atoms with Crippen molar-refractivity contribution >= 4 is 17.3 Å². The van der Waals surface area contributed by atoms with Gasteiger partial charge in [0, 0.05) is 19.6 Å². The van der Waals surface area contributed by atoms with Gasteiger partial charge >= 0.3 is 0 Å². The Morgan fingerprint density at radius 1 is 1.25 bits per heavy atom. The van der Waals surface area contributed by atoms with E-state index in [0.717, 1.165) is 29.9 Å². The van der Waals surface area contributed by atoms with Gasteiger partial charge in [0.25, 0.3) is 0 Å². The van der Waals surface area contributed by atoms with Gasteiger partial charge in [-0.2, -0.15) is 0 Å². The molecule has 110 valence electrons. The zero-order valence-electron chi connectivity index (χ0n) is 12.4. The van der Waals surface area contributed by atoms with Crippen molar-refractivity contribution < 1.29 is 0 Å². The van der Waals surface area contributed by atoms with Crippen LogP contribution < -0.4 is 10.2 Å². The van der Waals surface area contributed by atoms with Crippen LogP contribution in [0.25, 0.3) is 0 Å². The maximum Gasteiger partial charge on any atom is 0.0642 e. The summed E-state index contributed by atoms with van der Waals surface area (Å²) in [4.78, 5) is 2.54. The first-order valence-corrected chi connectivity index (χ1v) is 8.40. The lowest BCUT2D eigenvalue weighted by molar-refractivity contribution is 0.494. The molecule has 0 radical (unpaired) electrons. The van der Waals surface area contributed by atoms with E-state index in [4.69, 9.17) is 11.6 Å². The summed E-state index contributed by atoms with van der Waals surface area (Å²) < 4.78 is 0. The van der Waals surface area contributed by atoms with E-state index in [0.29, 0.717) is 0 Å². The molecule has 2 atom stereocenters. The average Bonchev–Trinajstić information content (AvgIpc) is 3.00. The topological polar surface area (TPSA) is 15.3 Å². The van der Waals surface area contributed by atoms with E-state index >= 15 is 0 Å². The number of fused-ring (bicyclic) bond motifs is 1. The van der Waals surface area contributed by atoms with E-state index in [1.807, 2.05) is 6.07 Å². The first-order chi connectivity index (χ1) is 9.79. The molecule has 2 unspecified atom stereocenters. The number of benzene rings is 1. The highest BCUT2D eigenvalue weighted by Crippen LogP contribution is 2.42. The highest BCUT2D eigenvalue weighted by molar-refractivity contribution is 6.33. The Hall–Kier alpha value is -0.730. The first kappa shape index (κ1) is 14.2. The summed E-state index contributed by atoms with van der Waals surface area (Å²) in [6.07, 6.45) is 5.42. The van der Waals surface area contributed by atoms with Crippen LogP contribution in [-0.2, 0) is 6.54 Å². The summed E-state index contributed by atoms with van der Waals surface area (Å²) >= 11 is 6.51. The third-order valence-electron chi connectivity index (χ3n) is 4.86. The van der Waals surface area contributed by atoms with Gasteiger partial charge in [0.2, 0.25) is 0 Å². The Balaban J connectivity index is 1.77. The van der Waals surface area contributed by atoms with Crippen molar-refractivity contribution in [3.05, 3.63) is 28.8 Å². The predicted molar refractivity (Wildman–Crippen MR) is 86.5 cm³/mol. The molecule has 1 aliphatic carbocycles. The van der Waals surface area contributed by atoms with E-state index in [-0.39, 0.29) is 0 Å². The van der Waals surface area contributed by atoms with E-state index in [1.165, 1.54) is 50.0 Å². The molecule has 1 aromatic carbocycles. The quantitative estimate of drug-likeness (QED) is 0.823. The Kier molecular flexibility index (Phi) is 4.52. The van der Waals surface area contributed by atoms with Crippen molar-refractivity contribution in [2.24, 2.45) is 11.8 Å². The third-order valence-corrected chi connectivity index (χ3v) is 5.16. The highest BCUT2D eigenvalue weighted by atomic mass is 35.5. The summed E-state index contributed by atoms with van der Waals surface area (Å²) in [6, 6.07) is 6.33. The smallest absolute Gasteiger partial charge is 0.0642 e. The minimum absolute atomic E-state index is 0.905. The van der Waals surface area contributed by atoms with Gasteiger partial charge in [-0.05, 0) is 49.3 Å². The normalized spacial score (nSPS) is 25.2. The molecule has 3 heteroatoms. The van der Waals surface area contributed by atoms with E-state index in [1.54, 1.807) is 0 Å². The van der Waals surface area contributed by atoms with E-state index in [9.17, 15) is 0 Å². The van der Waals surface area contributed by atoms with Gasteiger partial charge in [0.05, 0.1) is 10.7 Å². The second-order valence-corrected chi connectivity index (χ2v) is 6.69. The SMILES string of the molecule is CCCNCc1cccc(Cl)c1N1CC2CCCC2C1. The van der Waals surface area contributed by atoms with Crippen LogP contribution in [0, 0.1) is 11.8 Å². The Morgan fingerprint density at radius 2 is 2.00 bits per heavy atom. The minimum Gasteiger partial charge on any atom is -0.369 e. The van der Waals surface area contributed by atoms with Crippen LogP contribution >= 0.6 is 11.6 Å². The third kappa shape index (κ3) is 2.82. The predicted octanol–water partition coefficient (Wildman–Crippen LogP) is 4.08. The van der Waals surface area contributed by atoms with Gasteiger partial charge in [-0.1, -0.05) is 37.1 Å². The van der Waals surface area contributed by atoms with Crippen LogP contribution in [0.1, 0.15) is 38.2 Å². The standard InChI is InChI=1S/C17H25ClN2/c1-2-9-19-10-13-5-4-8-16(18)17(13)20-11-14-6-3-7-15(14)12-20/h4-5,8,14-15,19H,2-3,6-7,9-12H2,1H3. The molecular formula is C17H25ClN2. The number of nitrogens with one attached hydrogen (secondary N) is 1. The lowest BCUT2D eigenvalue weighted by Crippen LogP contribution is -2.24. The minimum atomic E-state index is 0.905. The van der Waals surface area contributed by atoms with Crippen molar-refractivity contribution in [1.82, 2.24) is 5.32 Å². The molecule has 3 rings (SSSR count). The van der Waals surface area contributed by atoms with Crippen LogP contribution in [0.5, 0.6) is 0 Å². The number of hydrogen-bond donors (Lipinski definition) is 1. The molecule has 1 heterocycles. The van der Waals surface area contributed by atoms with Crippen LogP contribution in [0.3, 0.4) is 0 Å². The first-order valence-electron chi connectivity index (χ1n) is 8.02. The van der Waals surface area contributed by atoms with Crippen molar-refractivity contribution in [3.8, 4) is 0 Å². The molecule has 2 aliphatic rings. The highest BCUT2D eigenvalue weighted by Gasteiger charge is 2.37. The molecule has 1 saturated heterocycles. The summed E-state index contributed by atoms with van der Waals surface area (Å²) in [6.45, 7) is 6.60. The summed E-state index contributed by atoms with van der Waals surface area (Å²) in [7, 11) is 0. The second kappa shape index (κ2) is 6.36. The number of rotatable bonds is 5. The molecule has 1 saturated carbocycles. The number of hydrogen-bond acceptors (Lipinski definition) is 2. The molecule has 0 aromatic heterocycles. The van der Waals surface area contributed by atoms with Crippen molar-refractivity contribution in [2.45, 2.75) is 39.2 Å². The monoisotopic (exact) mass is 292 g/mol. The molecular weight excluding hydrogens is 268 g/mol. The molecule has 0 bridgehead atoms. The summed E-state index contributed by atoms with van der Waals surface area (Å²) in [5.41, 5.74) is 2.64. The fraction of sp³-hybridized carbons (Fsp3) is 0.647. The van der Waals surface area contributed by atoms with Gasteiger partial charge < -0.3 is 10.2 Å². The number of halogens is 1. The van der Waals surface area contributed by atoms with Crippen LogP contribution in [0.15, 0.2) is 18.2 Å². The molecule has 1 N–H and O–H groups in total. The van der Waals surface area contributed by atoms with Gasteiger partial charge in [-0.3, -0.25) is 0 Å². The van der Waals surface area contributed by atoms with Crippen molar-refractivity contribution in [2.75, 3.05) is 24.5 Å². The lowest BCUT2D eigenvalue weighted by Gasteiger charge is -2.24. The maximum atomic E-state index is 6.51. The maximum absolute atomic E-state index is 6.51. The van der Waals surface area contributed by atoms with E-state index < -0.39 is 0 Å². The molecule has 2 nitrogen and oxygen atoms in total. The van der Waals surface area contributed by atoms with Gasteiger partial charge in [0.15, 0.2) is 0 Å².